The minimum Gasteiger partial charge on any atom is -0.337 e. The standard InChI is InChI=1S/C18H11ClN4OS/c19-11-6-7-14-15(8-11)22-17(21-14)13(9-20)18-23(16(24)10-25-18)12-4-2-1-3-5-12/h1-8H,10H2,(H,21,22)/b18-13+. The van der Waals surface area contributed by atoms with Crippen LogP contribution in [0.15, 0.2) is 53.6 Å². The van der Waals surface area contributed by atoms with Crippen LogP contribution >= 0.6 is 23.4 Å². The van der Waals surface area contributed by atoms with Crippen molar-refractivity contribution in [2.24, 2.45) is 0 Å². The number of aromatic amines is 1. The van der Waals surface area contributed by atoms with E-state index in [1.165, 1.54) is 11.8 Å². The Morgan fingerprint density at radius 1 is 1.28 bits per heavy atom. The van der Waals surface area contributed by atoms with E-state index in [4.69, 9.17) is 11.6 Å². The lowest BCUT2D eigenvalue weighted by molar-refractivity contribution is -0.115. The van der Waals surface area contributed by atoms with Crippen molar-refractivity contribution >= 4 is 51.6 Å². The van der Waals surface area contributed by atoms with E-state index in [0.29, 0.717) is 32.7 Å². The summed E-state index contributed by atoms with van der Waals surface area (Å²) in [6, 6.07) is 16.8. The van der Waals surface area contributed by atoms with Gasteiger partial charge < -0.3 is 4.98 Å². The van der Waals surface area contributed by atoms with Crippen molar-refractivity contribution in [3.63, 3.8) is 0 Å². The minimum atomic E-state index is -0.0573. The molecule has 1 amide bonds. The zero-order chi connectivity index (χ0) is 17.4. The zero-order valence-electron chi connectivity index (χ0n) is 12.9. The van der Waals surface area contributed by atoms with Crippen LogP contribution in [-0.2, 0) is 4.79 Å². The highest BCUT2D eigenvalue weighted by molar-refractivity contribution is 8.04. The molecule has 3 aromatic rings. The monoisotopic (exact) mass is 366 g/mol. The maximum atomic E-state index is 12.4. The molecule has 2 aromatic carbocycles. The molecular formula is C18H11ClN4OS. The van der Waals surface area contributed by atoms with Gasteiger partial charge in [-0.2, -0.15) is 5.26 Å². The number of carbonyl (C=O) groups excluding carboxylic acids is 1. The largest absolute Gasteiger partial charge is 0.337 e. The second-order valence-electron chi connectivity index (χ2n) is 5.39. The van der Waals surface area contributed by atoms with Gasteiger partial charge in [0.15, 0.2) is 5.82 Å². The van der Waals surface area contributed by atoms with Crippen molar-refractivity contribution in [1.82, 2.24) is 9.97 Å². The van der Waals surface area contributed by atoms with Crippen molar-refractivity contribution in [1.29, 1.82) is 5.26 Å². The van der Waals surface area contributed by atoms with Gasteiger partial charge in [0.25, 0.3) is 0 Å². The summed E-state index contributed by atoms with van der Waals surface area (Å²) in [5.41, 5.74) is 2.54. The average Bonchev–Trinajstić information content (AvgIpc) is 3.20. The predicted molar refractivity (Wildman–Crippen MR) is 100 cm³/mol. The molecule has 0 bridgehead atoms. The molecule has 1 aromatic heterocycles. The number of anilines is 1. The Hall–Kier alpha value is -2.75. The van der Waals surface area contributed by atoms with Gasteiger partial charge in [-0.05, 0) is 30.3 Å². The number of aromatic nitrogens is 2. The fourth-order valence-corrected chi connectivity index (χ4v) is 3.88. The summed E-state index contributed by atoms with van der Waals surface area (Å²) in [5.74, 6) is 0.664. The van der Waals surface area contributed by atoms with E-state index < -0.39 is 0 Å². The minimum absolute atomic E-state index is 0.0573. The predicted octanol–water partition coefficient (Wildman–Crippen LogP) is 4.19. The molecule has 0 spiro atoms. The highest BCUT2D eigenvalue weighted by atomic mass is 35.5. The number of hydrogen-bond acceptors (Lipinski definition) is 4. The molecule has 1 aliphatic rings. The van der Waals surface area contributed by atoms with Crippen molar-refractivity contribution in [3.05, 3.63) is 64.4 Å². The summed E-state index contributed by atoms with van der Waals surface area (Å²) in [6.07, 6.45) is 0. The Labute approximate surface area is 152 Å². The van der Waals surface area contributed by atoms with E-state index in [1.54, 1.807) is 23.1 Å². The quantitative estimate of drug-likeness (QED) is 0.690. The highest BCUT2D eigenvalue weighted by Gasteiger charge is 2.32. The first-order chi connectivity index (χ1) is 12.2. The first-order valence-corrected chi connectivity index (χ1v) is 8.84. The lowest BCUT2D eigenvalue weighted by Gasteiger charge is -2.17. The van der Waals surface area contributed by atoms with Gasteiger partial charge in [-0.1, -0.05) is 41.6 Å². The molecule has 25 heavy (non-hydrogen) atoms. The van der Waals surface area contributed by atoms with Gasteiger partial charge in [0, 0.05) is 10.7 Å². The third-order valence-electron chi connectivity index (χ3n) is 3.81. The van der Waals surface area contributed by atoms with Gasteiger partial charge in [-0.25, -0.2) is 4.98 Å². The lowest BCUT2D eigenvalue weighted by Crippen LogP contribution is -2.24. The number of nitrogens with zero attached hydrogens (tertiary/aromatic N) is 3. The lowest BCUT2D eigenvalue weighted by atomic mass is 10.2. The van der Waals surface area contributed by atoms with Crippen LogP contribution in [0.4, 0.5) is 5.69 Å². The molecule has 1 fully saturated rings. The Bertz CT molecular complexity index is 1050. The van der Waals surface area contributed by atoms with E-state index in [1.807, 2.05) is 30.3 Å². The third kappa shape index (κ3) is 2.78. The Morgan fingerprint density at radius 2 is 2.08 bits per heavy atom. The number of thioether (sulfide) groups is 1. The third-order valence-corrected chi connectivity index (χ3v) is 5.09. The van der Waals surface area contributed by atoms with Crippen molar-refractivity contribution in [3.8, 4) is 6.07 Å². The van der Waals surface area contributed by atoms with Crippen LogP contribution in [-0.4, -0.2) is 21.6 Å². The normalized spacial score (nSPS) is 16.3. The molecule has 0 saturated carbocycles. The molecule has 5 nitrogen and oxygen atoms in total. The summed E-state index contributed by atoms with van der Waals surface area (Å²) >= 11 is 7.35. The molecule has 2 heterocycles. The number of benzene rings is 2. The summed E-state index contributed by atoms with van der Waals surface area (Å²) in [4.78, 5) is 21.5. The first-order valence-electron chi connectivity index (χ1n) is 7.48. The number of para-hydroxylation sites is 1. The second-order valence-corrected chi connectivity index (χ2v) is 6.79. The molecule has 0 aliphatic carbocycles. The van der Waals surface area contributed by atoms with Crippen LogP contribution in [0.3, 0.4) is 0 Å². The topological polar surface area (TPSA) is 72.8 Å². The van der Waals surface area contributed by atoms with Gasteiger partial charge in [0.05, 0.1) is 16.8 Å². The van der Waals surface area contributed by atoms with E-state index in [-0.39, 0.29) is 5.91 Å². The van der Waals surface area contributed by atoms with E-state index in [2.05, 4.69) is 16.0 Å². The van der Waals surface area contributed by atoms with E-state index in [0.717, 1.165) is 11.2 Å². The van der Waals surface area contributed by atoms with Gasteiger partial charge in [0.1, 0.15) is 16.7 Å². The molecule has 1 saturated heterocycles. The number of hydrogen-bond donors (Lipinski definition) is 1. The molecular weight excluding hydrogens is 356 g/mol. The average molecular weight is 367 g/mol. The molecule has 0 atom stereocenters. The molecule has 0 radical (unpaired) electrons. The highest BCUT2D eigenvalue weighted by Crippen LogP contribution is 2.38. The number of nitriles is 1. The van der Waals surface area contributed by atoms with E-state index in [9.17, 15) is 10.1 Å². The smallest absolute Gasteiger partial charge is 0.242 e. The number of halogens is 1. The Morgan fingerprint density at radius 3 is 2.84 bits per heavy atom. The molecule has 122 valence electrons. The van der Waals surface area contributed by atoms with Crippen LogP contribution in [0.2, 0.25) is 5.02 Å². The fourth-order valence-electron chi connectivity index (χ4n) is 2.70. The van der Waals surface area contributed by atoms with Crippen molar-refractivity contribution in [2.45, 2.75) is 0 Å². The number of allylic oxidation sites excluding steroid dienone is 1. The van der Waals surface area contributed by atoms with Crippen LogP contribution in [0.1, 0.15) is 5.82 Å². The number of rotatable bonds is 2. The van der Waals surface area contributed by atoms with Gasteiger partial charge in [0.2, 0.25) is 5.91 Å². The molecule has 4 rings (SSSR count). The molecule has 0 unspecified atom stereocenters. The summed E-state index contributed by atoms with van der Waals surface area (Å²) < 4.78 is 0. The summed E-state index contributed by atoms with van der Waals surface area (Å²) in [7, 11) is 0. The number of H-pyrrole nitrogens is 1. The molecule has 1 N–H and O–H groups in total. The zero-order valence-corrected chi connectivity index (χ0v) is 14.4. The van der Waals surface area contributed by atoms with Gasteiger partial charge >= 0.3 is 0 Å². The Kier molecular flexibility index (Phi) is 3.96. The number of fused-ring (bicyclic) bond motifs is 1. The Balaban J connectivity index is 1.87. The van der Waals surface area contributed by atoms with Gasteiger partial charge in [-0.3, -0.25) is 9.69 Å². The van der Waals surface area contributed by atoms with Gasteiger partial charge in [-0.15, -0.1) is 0 Å². The number of nitrogens with one attached hydrogen (secondary N) is 1. The van der Waals surface area contributed by atoms with Crippen LogP contribution < -0.4 is 4.90 Å². The molecule has 7 heteroatoms. The first kappa shape index (κ1) is 15.8. The summed E-state index contributed by atoms with van der Waals surface area (Å²) in [6.45, 7) is 0. The number of carbonyl (C=O) groups is 1. The number of amides is 1. The number of imidazole rings is 1. The van der Waals surface area contributed by atoms with Crippen molar-refractivity contribution < 1.29 is 4.79 Å². The van der Waals surface area contributed by atoms with E-state index >= 15 is 0 Å². The van der Waals surface area contributed by atoms with Crippen LogP contribution in [0, 0.1) is 11.3 Å². The maximum absolute atomic E-state index is 12.4. The molecule has 1 aliphatic heterocycles. The van der Waals surface area contributed by atoms with Crippen molar-refractivity contribution in [2.75, 3.05) is 10.7 Å². The summed E-state index contributed by atoms with van der Waals surface area (Å²) in [5, 5.41) is 10.9. The second kappa shape index (κ2) is 6.28. The fraction of sp³-hybridized carbons (Fsp3) is 0.0556. The SMILES string of the molecule is N#C/C(=C1\SCC(=O)N1c1ccccc1)c1nc2ccc(Cl)cc2[nH]1. The van der Waals surface area contributed by atoms with Crippen LogP contribution in [0.5, 0.6) is 0 Å². The maximum Gasteiger partial charge on any atom is 0.242 e. The van der Waals surface area contributed by atoms with Crippen LogP contribution in [0.25, 0.3) is 16.6 Å².